The van der Waals surface area contributed by atoms with E-state index in [2.05, 4.69) is 20.5 Å². The lowest BCUT2D eigenvalue weighted by Gasteiger charge is -2.11. The third-order valence-corrected chi connectivity index (χ3v) is 4.53. The van der Waals surface area contributed by atoms with E-state index in [1.165, 1.54) is 11.8 Å². The van der Waals surface area contributed by atoms with Crippen LogP contribution in [0.3, 0.4) is 0 Å². The average Bonchev–Trinajstić information content (AvgIpc) is 3.23. The van der Waals surface area contributed by atoms with Crippen molar-refractivity contribution in [3.05, 3.63) is 54.5 Å². The van der Waals surface area contributed by atoms with E-state index in [-0.39, 0.29) is 17.7 Å². The third-order valence-electron chi connectivity index (χ3n) is 3.71. The molecule has 8 heteroatoms. The molecule has 25 heavy (non-hydrogen) atoms. The molecular weight excluding hydrogens is 338 g/mol. The van der Waals surface area contributed by atoms with Gasteiger partial charge in [-0.2, -0.15) is 0 Å². The van der Waals surface area contributed by atoms with E-state index < -0.39 is 0 Å². The van der Waals surface area contributed by atoms with Crippen molar-refractivity contribution in [1.82, 2.24) is 24.9 Å². The normalized spacial score (nSPS) is 12.5. The molecule has 1 atom stereocenters. The van der Waals surface area contributed by atoms with Crippen LogP contribution in [0, 0.1) is 0 Å². The first-order chi connectivity index (χ1) is 12.2. The number of para-hydroxylation sites is 2. The smallest absolute Gasteiger partial charge is 0.257 e. The van der Waals surface area contributed by atoms with E-state index in [1.807, 2.05) is 60.0 Å². The summed E-state index contributed by atoms with van der Waals surface area (Å²) in [5, 5.41) is 11.7. The van der Waals surface area contributed by atoms with Gasteiger partial charge in [0.1, 0.15) is 5.52 Å². The topological polar surface area (TPSA) is 85.3 Å². The van der Waals surface area contributed by atoms with Gasteiger partial charge in [-0.05, 0) is 31.2 Å². The summed E-state index contributed by atoms with van der Waals surface area (Å²) in [6, 6.07) is 12.9. The number of carbonyl (C=O) groups excluding carboxylic acids is 1. The summed E-state index contributed by atoms with van der Waals surface area (Å²) in [4.78, 5) is 16.6. The molecule has 7 nitrogen and oxygen atoms in total. The van der Waals surface area contributed by atoms with Crippen LogP contribution < -0.4 is 5.32 Å². The van der Waals surface area contributed by atoms with Crippen molar-refractivity contribution >= 4 is 34.4 Å². The van der Waals surface area contributed by atoms with Crippen LogP contribution in [0.15, 0.2) is 58.3 Å². The molecule has 1 unspecified atom stereocenters. The van der Waals surface area contributed by atoms with Crippen molar-refractivity contribution < 1.29 is 9.21 Å². The predicted molar refractivity (Wildman–Crippen MR) is 94.3 cm³/mol. The molecule has 0 aliphatic heterocycles. The number of benzene rings is 1. The minimum Gasteiger partial charge on any atom is -0.431 e. The van der Waals surface area contributed by atoms with Crippen LogP contribution in [0.4, 0.5) is 0 Å². The fourth-order valence-electron chi connectivity index (χ4n) is 2.54. The highest BCUT2D eigenvalue weighted by Crippen LogP contribution is 2.23. The van der Waals surface area contributed by atoms with Gasteiger partial charge in [0.05, 0.1) is 11.8 Å². The van der Waals surface area contributed by atoms with Crippen LogP contribution in [0.5, 0.6) is 0 Å². The molecule has 1 aromatic carbocycles. The fraction of sp³-hybridized carbons (Fsp3) is 0.176. The molecule has 4 rings (SSSR count). The monoisotopic (exact) mass is 353 g/mol. The number of hydrogen-bond donors (Lipinski definition) is 1. The van der Waals surface area contributed by atoms with E-state index in [0.717, 1.165) is 11.2 Å². The molecule has 0 spiro atoms. The van der Waals surface area contributed by atoms with E-state index in [0.29, 0.717) is 16.6 Å². The quantitative estimate of drug-likeness (QED) is 0.555. The Morgan fingerprint density at radius 1 is 1.24 bits per heavy atom. The van der Waals surface area contributed by atoms with Crippen LogP contribution in [-0.4, -0.2) is 31.2 Å². The van der Waals surface area contributed by atoms with E-state index >= 15 is 0 Å². The zero-order valence-corrected chi connectivity index (χ0v) is 14.2. The SMILES string of the molecule is CC(NC(=O)CSc1nc2ccccc2o1)c1nnc2ccccn12. The highest BCUT2D eigenvalue weighted by molar-refractivity contribution is 7.99. The first-order valence-electron chi connectivity index (χ1n) is 7.78. The second kappa shape index (κ2) is 6.56. The van der Waals surface area contributed by atoms with Crippen molar-refractivity contribution in [2.75, 3.05) is 5.75 Å². The zero-order valence-electron chi connectivity index (χ0n) is 13.4. The highest BCUT2D eigenvalue weighted by atomic mass is 32.2. The lowest BCUT2D eigenvalue weighted by atomic mass is 10.3. The Hall–Kier alpha value is -2.87. The molecule has 0 fully saturated rings. The van der Waals surface area contributed by atoms with Gasteiger partial charge in [-0.25, -0.2) is 4.98 Å². The summed E-state index contributed by atoms with van der Waals surface area (Å²) < 4.78 is 7.46. The van der Waals surface area contributed by atoms with Gasteiger partial charge in [0.15, 0.2) is 17.1 Å². The predicted octanol–water partition coefficient (Wildman–Crippen LogP) is 2.84. The van der Waals surface area contributed by atoms with Crippen molar-refractivity contribution in [2.45, 2.75) is 18.2 Å². The molecule has 0 aliphatic rings. The van der Waals surface area contributed by atoms with Crippen LogP contribution in [-0.2, 0) is 4.79 Å². The van der Waals surface area contributed by atoms with Crippen molar-refractivity contribution in [3.63, 3.8) is 0 Å². The standard InChI is InChI=1S/C17H15N5O2S/c1-11(16-21-20-14-8-4-5-9-22(14)16)18-15(23)10-25-17-19-12-6-2-3-7-13(12)24-17/h2-9,11H,10H2,1H3,(H,18,23). The van der Waals surface area contributed by atoms with Crippen molar-refractivity contribution in [3.8, 4) is 0 Å². The van der Waals surface area contributed by atoms with Gasteiger partial charge in [0.2, 0.25) is 5.91 Å². The molecule has 0 saturated heterocycles. The van der Waals surface area contributed by atoms with Crippen LogP contribution in [0.25, 0.3) is 16.7 Å². The van der Waals surface area contributed by atoms with Crippen LogP contribution >= 0.6 is 11.8 Å². The molecule has 0 saturated carbocycles. The molecular formula is C17H15N5O2S. The number of oxazole rings is 1. The largest absolute Gasteiger partial charge is 0.431 e. The zero-order chi connectivity index (χ0) is 17.2. The number of hydrogen-bond acceptors (Lipinski definition) is 6. The Balaban J connectivity index is 1.39. The van der Waals surface area contributed by atoms with Gasteiger partial charge in [0, 0.05) is 6.20 Å². The molecule has 4 aromatic rings. The van der Waals surface area contributed by atoms with Crippen LogP contribution in [0.2, 0.25) is 0 Å². The van der Waals surface area contributed by atoms with Crippen molar-refractivity contribution in [1.29, 1.82) is 0 Å². The molecule has 3 heterocycles. The van der Waals surface area contributed by atoms with Gasteiger partial charge in [0.25, 0.3) is 5.22 Å². The summed E-state index contributed by atoms with van der Waals surface area (Å²) in [7, 11) is 0. The fourth-order valence-corrected chi connectivity index (χ4v) is 3.19. The Morgan fingerprint density at radius 2 is 2.08 bits per heavy atom. The van der Waals surface area contributed by atoms with E-state index in [1.54, 1.807) is 0 Å². The number of pyridine rings is 1. The maximum atomic E-state index is 12.2. The van der Waals surface area contributed by atoms with Crippen LogP contribution in [0.1, 0.15) is 18.8 Å². The number of thioether (sulfide) groups is 1. The molecule has 1 N–H and O–H groups in total. The first kappa shape index (κ1) is 15.6. The third kappa shape index (κ3) is 3.20. The van der Waals surface area contributed by atoms with Gasteiger partial charge < -0.3 is 9.73 Å². The summed E-state index contributed by atoms with van der Waals surface area (Å²) in [6.45, 7) is 1.88. The van der Waals surface area contributed by atoms with Gasteiger partial charge in [-0.3, -0.25) is 9.20 Å². The lowest BCUT2D eigenvalue weighted by Crippen LogP contribution is -2.29. The maximum Gasteiger partial charge on any atom is 0.257 e. The van der Waals surface area contributed by atoms with Gasteiger partial charge in [-0.15, -0.1) is 10.2 Å². The minimum atomic E-state index is -0.255. The number of fused-ring (bicyclic) bond motifs is 2. The first-order valence-corrected chi connectivity index (χ1v) is 8.76. The molecule has 1 amide bonds. The summed E-state index contributed by atoms with van der Waals surface area (Å²) >= 11 is 1.26. The summed E-state index contributed by atoms with van der Waals surface area (Å²) in [6.07, 6.45) is 1.88. The molecule has 0 radical (unpaired) electrons. The number of rotatable bonds is 5. The average molecular weight is 353 g/mol. The number of nitrogens with one attached hydrogen (secondary N) is 1. The Bertz CT molecular complexity index is 1010. The Morgan fingerprint density at radius 3 is 2.96 bits per heavy atom. The van der Waals surface area contributed by atoms with Crippen molar-refractivity contribution in [2.24, 2.45) is 0 Å². The lowest BCUT2D eigenvalue weighted by molar-refractivity contribution is -0.119. The van der Waals surface area contributed by atoms with Gasteiger partial charge >= 0.3 is 0 Å². The number of carbonyl (C=O) groups is 1. The highest BCUT2D eigenvalue weighted by Gasteiger charge is 2.16. The summed E-state index contributed by atoms with van der Waals surface area (Å²) in [5.74, 6) is 0.789. The van der Waals surface area contributed by atoms with E-state index in [4.69, 9.17) is 4.42 Å². The molecule has 3 aromatic heterocycles. The van der Waals surface area contributed by atoms with E-state index in [9.17, 15) is 4.79 Å². The molecule has 0 bridgehead atoms. The van der Waals surface area contributed by atoms with Gasteiger partial charge in [-0.1, -0.05) is 30.0 Å². The second-order valence-electron chi connectivity index (χ2n) is 5.51. The molecule has 126 valence electrons. The number of amides is 1. The Labute approximate surface area is 147 Å². The minimum absolute atomic E-state index is 0.118. The Kier molecular flexibility index (Phi) is 4.10. The molecule has 0 aliphatic carbocycles. The maximum absolute atomic E-state index is 12.2. The number of aromatic nitrogens is 4. The second-order valence-corrected chi connectivity index (χ2v) is 6.44. The number of nitrogens with zero attached hydrogens (tertiary/aromatic N) is 4. The summed E-state index contributed by atoms with van der Waals surface area (Å²) in [5.41, 5.74) is 2.25.